The topological polar surface area (TPSA) is 93.1 Å². The number of hydrogen-bond donors (Lipinski definition) is 2. The molecule has 0 radical (unpaired) electrons. The Balaban J connectivity index is 1.31. The molecule has 10 atom stereocenters. The van der Waals surface area contributed by atoms with E-state index in [0.717, 1.165) is 27.8 Å². The van der Waals surface area contributed by atoms with Crippen LogP contribution in [0.25, 0.3) is 6.08 Å². The van der Waals surface area contributed by atoms with Crippen molar-refractivity contribution in [1.82, 2.24) is 0 Å². The number of hydrogen-bond acceptors (Lipinski definition) is 7. The van der Waals surface area contributed by atoms with Crippen molar-refractivity contribution in [3.63, 3.8) is 0 Å². The van der Waals surface area contributed by atoms with E-state index in [1.165, 1.54) is 23.5 Å². The highest BCUT2D eigenvalue weighted by Gasteiger charge is 2.80. The van der Waals surface area contributed by atoms with Gasteiger partial charge in [0.15, 0.2) is 29.1 Å². The van der Waals surface area contributed by atoms with Crippen LogP contribution in [0.1, 0.15) is 54.7 Å². The number of allylic oxidation sites excluding steroid dienone is 5. The van der Waals surface area contributed by atoms with Gasteiger partial charge in [-0.3, -0.25) is 9.59 Å². The van der Waals surface area contributed by atoms with Crippen molar-refractivity contribution >= 4 is 29.0 Å². The first-order chi connectivity index (χ1) is 18.0. The molecular formula is C29H30F2O6S. The summed E-state index contributed by atoms with van der Waals surface area (Å²) in [6, 6.07) is 2.01. The van der Waals surface area contributed by atoms with Gasteiger partial charge in [-0.2, -0.15) is 0 Å². The van der Waals surface area contributed by atoms with Crippen LogP contribution in [-0.4, -0.2) is 58.0 Å². The molecule has 1 saturated heterocycles. The van der Waals surface area contributed by atoms with Gasteiger partial charge in [0.1, 0.15) is 12.8 Å². The number of aliphatic hydroxyl groups is 2. The van der Waals surface area contributed by atoms with E-state index >= 15 is 8.78 Å². The number of ether oxygens (including phenoxy) is 2. The Morgan fingerprint density at radius 1 is 1.24 bits per heavy atom. The lowest BCUT2D eigenvalue weighted by Gasteiger charge is -2.63. The van der Waals surface area contributed by atoms with Crippen molar-refractivity contribution in [2.75, 3.05) is 6.61 Å². The number of thiophene rings is 1. The van der Waals surface area contributed by atoms with Crippen LogP contribution in [0.5, 0.6) is 0 Å². The highest BCUT2D eigenvalue weighted by molar-refractivity contribution is 7.13. The van der Waals surface area contributed by atoms with Crippen LogP contribution in [0.3, 0.4) is 0 Å². The average Bonchev–Trinajstić information content (AvgIpc) is 3.62. The van der Waals surface area contributed by atoms with Gasteiger partial charge in [0.05, 0.1) is 17.1 Å². The zero-order chi connectivity index (χ0) is 26.8. The molecule has 5 aliphatic carbocycles. The summed E-state index contributed by atoms with van der Waals surface area (Å²) in [4.78, 5) is 27.5. The third-order valence-corrected chi connectivity index (χ3v) is 11.8. The Hall–Kier alpha value is -2.04. The molecule has 6 nitrogen and oxygen atoms in total. The molecule has 1 aromatic rings. The first kappa shape index (κ1) is 25.0. The maximum absolute atomic E-state index is 17.4. The summed E-state index contributed by atoms with van der Waals surface area (Å²) < 4.78 is 46.0. The number of halogens is 2. The van der Waals surface area contributed by atoms with E-state index in [1.807, 2.05) is 12.1 Å². The molecule has 0 bridgehead atoms. The van der Waals surface area contributed by atoms with Gasteiger partial charge in [0.2, 0.25) is 0 Å². The van der Waals surface area contributed by atoms with E-state index in [0.29, 0.717) is 0 Å². The smallest absolute Gasteiger partial charge is 0.194 e. The van der Waals surface area contributed by atoms with Gasteiger partial charge in [-0.25, -0.2) is 8.78 Å². The quantitative estimate of drug-likeness (QED) is 0.599. The molecule has 0 spiro atoms. The molecule has 3 saturated carbocycles. The Morgan fingerprint density at radius 3 is 2.76 bits per heavy atom. The number of rotatable bonds is 3. The Bertz CT molecular complexity index is 1350. The second kappa shape index (κ2) is 7.79. The maximum Gasteiger partial charge on any atom is 0.194 e. The molecular weight excluding hydrogens is 514 g/mol. The molecule has 0 amide bonds. The number of fused-ring (bicyclic) bond motifs is 8. The summed E-state index contributed by atoms with van der Waals surface area (Å²) in [6.07, 6.45) is 3.86. The summed E-state index contributed by atoms with van der Waals surface area (Å²) in [5.41, 5.74) is -5.28. The van der Waals surface area contributed by atoms with E-state index in [9.17, 15) is 19.8 Å². The minimum atomic E-state index is -2.26. The van der Waals surface area contributed by atoms with Gasteiger partial charge in [-0.1, -0.05) is 19.1 Å². The minimum absolute atomic E-state index is 0.0538. The summed E-state index contributed by atoms with van der Waals surface area (Å²) in [5, 5.41) is 21.6. The van der Waals surface area contributed by atoms with Crippen LogP contribution in [0.4, 0.5) is 8.78 Å². The van der Waals surface area contributed by atoms with Gasteiger partial charge >= 0.3 is 0 Å². The number of aliphatic hydroxyl groups excluding tert-OH is 2. The Labute approximate surface area is 223 Å². The van der Waals surface area contributed by atoms with Crippen LogP contribution >= 0.6 is 11.3 Å². The molecule has 2 heterocycles. The molecule has 2 N–H and O–H groups in total. The predicted octanol–water partition coefficient (Wildman–Crippen LogP) is 3.96. The molecule has 202 valence electrons. The summed E-state index contributed by atoms with van der Waals surface area (Å²) in [6.45, 7) is 2.55. The number of carbonyl (C=O) groups excluding carboxylic acids is 2. The van der Waals surface area contributed by atoms with Crippen LogP contribution in [0, 0.1) is 22.7 Å². The maximum atomic E-state index is 17.4. The van der Waals surface area contributed by atoms with Crippen molar-refractivity contribution in [3.8, 4) is 0 Å². The molecule has 1 aromatic heterocycles. The van der Waals surface area contributed by atoms with Gasteiger partial charge in [0.25, 0.3) is 0 Å². The number of carbonyl (C=O) groups is 2. The van der Waals surface area contributed by atoms with Gasteiger partial charge in [0, 0.05) is 21.6 Å². The number of Topliss-reactive ketones (excluding diaryl/α,β-unsaturated/α-hetero) is 1. The predicted molar refractivity (Wildman–Crippen MR) is 135 cm³/mol. The summed E-state index contributed by atoms with van der Waals surface area (Å²) in [5.74, 6) is -2.49. The fraction of sp³-hybridized carbons (Fsp3) is 0.586. The molecule has 38 heavy (non-hydrogen) atoms. The van der Waals surface area contributed by atoms with Crippen molar-refractivity contribution < 1.29 is 38.1 Å². The van der Waals surface area contributed by atoms with E-state index in [-0.39, 0.29) is 24.8 Å². The third kappa shape index (κ3) is 2.74. The summed E-state index contributed by atoms with van der Waals surface area (Å²) >= 11 is 1.52. The second-order valence-corrected chi connectivity index (χ2v) is 13.2. The first-order valence-corrected chi connectivity index (χ1v) is 14.0. The lowest BCUT2D eigenvalue weighted by Crippen LogP contribution is -2.70. The monoisotopic (exact) mass is 544 g/mol. The van der Waals surface area contributed by atoms with Crippen molar-refractivity contribution in [2.24, 2.45) is 22.7 Å². The lowest BCUT2D eigenvalue weighted by molar-refractivity contribution is -0.234. The van der Waals surface area contributed by atoms with E-state index in [4.69, 9.17) is 9.47 Å². The minimum Gasteiger partial charge on any atom is -0.390 e. The molecule has 7 rings (SSSR count). The van der Waals surface area contributed by atoms with Crippen molar-refractivity contribution in [3.05, 3.63) is 51.3 Å². The van der Waals surface area contributed by atoms with Crippen LogP contribution < -0.4 is 0 Å². The zero-order valence-electron chi connectivity index (χ0n) is 21.2. The molecule has 0 aromatic carbocycles. The molecule has 9 heteroatoms. The lowest BCUT2D eigenvalue weighted by atomic mass is 9.44. The summed E-state index contributed by atoms with van der Waals surface area (Å²) in [7, 11) is 0. The van der Waals surface area contributed by atoms with E-state index in [2.05, 4.69) is 6.08 Å². The van der Waals surface area contributed by atoms with Crippen LogP contribution in [0.15, 0.2) is 35.9 Å². The van der Waals surface area contributed by atoms with Crippen molar-refractivity contribution in [2.45, 2.75) is 75.5 Å². The van der Waals surface area contributed by atoms with Gasteiger partial charge in [-0.15, -0.1) is 11.3 Å². The largest absolute Gasteiger partial charge is 0.390 e. The average molecular weight is 545 g/mol. The standard InChI is InChI=1S/C29H30F2O6S/c1-26-7-6-15(33)9-18(26)19(30)10-17-16-11-24-29(23(35)13-32,27(16,2)12-22(34)28(17,26)31)37-25(36-24)21-8-14-4-3-5-20(14)38-21/h3,5-9,16-17,19,22,24-25,32,34H,4,10-13H2,1-2H3/t16-,17-,19-,22-,24+,25+,26-,27-,28-,29+/m0/s1. The normalized spacial score (nSPS) is 48.3. The SMILES string of the molecule is C[C@]12C=CC(=O)C=C1[C@@H](F)C[C@H]1[C@@H]3C[C@H]4O[C@@H](c5cc6c(s5)C=CC6)O[C@@]4(C(=O)CO)[C@@]3(C)C[C@H](O)[C@@]12F. The second-order valence-electron chi connectivity index (χ2n) is 12.1. The van der Waals surface area contributed by atoms with Gasteiger partial charge in [-0.05, 0) is 74.0 Å². The fourth-order valence-corrected chi connectivity index (χ4v) is 9.96. The Morgan fingerprint density at radius 2 is 2.03 bits per heavy atom. The van der Waals surface area contributed by atoms with E-state index in [1.54, 1.807) is 13.8 Å². The highest BCUT2D eigenvalue weighted by atomic mass is 32.1. The molecule has 6 aliphatic rings. The number of alkyl halides is 2. The Kier molecular flexibility index (Phi) is 5.11. The molecule has 1 aliphatic heterocycles. The first-order valence-electron chi connectivity index (χ1n) is 13.2. The van der Waals surface area contributed by atoms with E-state index < -0.39 is 76.8 Å². The van der Waals surface area contributed by atoms with Crippen molar-refractivity contribution in [1.29, 1.82) is 0 Å². The van der Waals surface area contributed by atoms with Gasteiger partial charge < -0.3 is 19.7 Å². The zero-order valence-corrected chi connectivity index (χ0v) is 22.0. The molecule has 4 fully saturated rings. The number of ketones is 2. The van der Waals surface area contributed by atoms with Crippen LogP contribution in [0.2, 0.25) is 0 Å². The van der Waals surface area contributed by atoms with Crippen LogP contribution in [-0.2, 0) is 25.5 Å². The molecule has 0 unspecified atom stereocenters. The third-order valence-electron chi connectivity index (χ3n) is 10.6. The fourth-order valence-electron chi connectivity index (χ4n) is 8.87. The highest BCUT2D eigenvalue weighted by Crippen LogP contribution is 2.72.